The molecule has 0 spiro atoms. The predicted octanol–water partition coefficient (Wildman–Crippen LogP) is 17.5. The molecule has 0 aliphatic carbocycles. The number of rotatable bonds is 21. The third-order valence-electron chi connectivity index (χ3n) is 18.1. The van der Waals surface area contributed by atoms with Crippen molar-refractivity contribution < 1.29 is 73.4 Å². The number of carbonyl (C=O) groups is 6. The summed E-state index contributed by atoms with van der Waals surface area (Å²) < 4.78 is 122. The molecule has 127 heavy (non-hydrogen) atoms. The fourth-order valence-corrected chi connectivity index (χ4v) is 15.8. The van der Waals surface area contributed by atoms with Crippen LogP contribution < -0.4 is 0 Å². The van der Waals surface area contributed by atoms with Gasteiger partial charge in [0, 0.05) is 127 Å². The van der Waals surface area contributed by atoms with Gasteiger partial charge in [0.05, 0.1) is 104 Å². The summed E-state index contributed by atoms with van der Waals surface area (Å²) in [5.74, 6) is -0.413. The first kappa shape index (κ1) is 100. The molecule has 2 N–H and O–H groups in total. The Morgan fingerprint density at radius 3 is 1.22 bits per heavy atom. The van der Waals surface area contributed by atoms with E-state index in [1.165, 1.54) is 109 Å². The zero-order chi connectivity index (χ0) is 94.0. The van der Waals surface area contributed by atoms with Crippen LogP contribution in [0.2, 0.25) is 0 Å². The lowest BCUT2D eigenvalue weighted by Gasteiger charge is -2.09. The highest BCUT2D eigenvalue weighted by Crippen LogP contribution is 2.38. The summed E-state index contributed by atoms with van der Waals surface area (Å²) in [5.41, 5.74) is 7.85. The summed E-state index contributed by atoms with van der Waals surface area (Å²) in [6.45, 7) is 13.9. The Balaban J connectivity index is 0.000000189. The van der Waals surface area contributed by atoms with Gasteiger partial charge in [0.2, 0.25) is 0 Å². The molecule has 0 aliphatic rings. The fourth-order valence-electron chi connectivity index (χ4n) is 11.7. The van der Waals surface area contributed by atoms with Crippen LogP contribution in [-0.2, 0) is 45.6 Å². The number of alkyl halides is 9. The molecular formula is C87H101F9N20O7S4. The van der Waals surface area contributed by atoms with E-state index in [4.69, 9.17) is 0 Å². The van der Waals surface area contributed by atoms with E-state index < -0.39 is 36.5 Å². The highest BCUT2D eigenvalue weighted by atomic mass is 32.1. The monoisotopic (exact) mass is 1840 g/mol. The molecule has 0 radical (unpaired) electrons. The van der Waals surface area contributed by atoms with Crippen molar-refractivity contribution in [3.8, 4) is 64.8 Å². The Bertz CT molecular complexity index is 5870. The smallest absolute Gasteiger partial charge is 0.394 e. The maximum atomic E-state index is 13.1. The maximum absolute atomic E-state index is 13.1. The number of hydrogen-bond acceptors (Lipinski definition) is 19. The number of thiophene rings is 4. The number of aliphatic hydroxyl groups excluding tert-OH is 1. The van der Waals surface area contributed by atoms with Crippen LogP contribution in [0.1, 0.15) is 152 Å². The van der Waals surface area contributed by atoms with E-state index in [2.05, 4.69) is 77.7 Å². The second-order valence-electron chi connectivity index (χ2n) is 30.6. The third-order valence-corrected chi connectivity index (χ3v) is 22.5. The van der Waals surface area contributed by atoms with Crippen molar-refractivity contribution in [3.05, 3.63) is 223 Å². The average Bonchev–Trinajstić information content (AvgIpc) is 1.65. The number of aromatic nitrogens is 14. The van der Waals surface area contributed by atoms with Gasteiger partial charge in [-0.25, -0.2) is 0 Å². The van der Waals surface area contributed by atoms with Crippen LogP contribution in [0, 0.1) is 13.8 Å². The first-order chi connectivity index (χ1) is 59.6. The molecule has 6 amide bonds. The Labute approximate surface area is 745 Å². The molecule has 0 aliphatic heterocycles. The summed E-state index contributed by atoms with van der Waals surface area (Å²) in [6.07, 6.45) is -10.0. The minimum absolute atomic E-state index is 0.00329. The van der Waals surface area contributed by atoms with Gasteiger partial charge in [0.1, 0.15) is 35.0 Å². The Hall–Kier alpha value is -12.3. The highest BCUT2D eigenvalue weighted by Gasteiger charge is 2.38. The Morgan fingerprint density at radius 1 is 0.433 bits per heavy atom. The van der Waals surface area contributed by atoms with Crippen molar-refractivity contribution in [1.82, 2.24) is 98.5 Å². The summed E-state index contributed by atoms with van der Waals surface area (Å²) in [5, 5.41) is 37.3. The summed E-state index contributed by atoms with van der Waals surface area (Å²) in [7, 11) is 21.3. The minimum Gasteiger partial charge on any atom is -0.394 e. The molecule has 0 bridgehead atoms. The molecule has 12 aromatic heterocycles. The van der Waals surface area contributed by atoms with Gasteiger partial charge < -0.3 is 34.5 Å². The van der Waals surface area contributed by atoms with Crippen LogP contribution in [-0.4, -0.2) is 236 Å². The van der Waals surface area contributed by atoms with Crippen molar-refractivity contribution in [3.63, 3.8) is 0 Å². The number of hydrogen-bond donors (Lipinski definition) is 2. The molecule has 27 nitrogen and oxygen atoms in total. The Kier molecular flexibility index (Phi) is 34.5. The van der Waals surface area contributed by atoms with E-state index in [1.807, 2.05) is 104 Å². The van der Waals surface area contributed by atoms with E-state index in [1.54, 1.807) is 124 Å². The zero-order valence-corrected chi connectivity index (χ0v) is 77.0. The van der Waals surface area contributed by atoms with Gasteiger partial charge in [-0.1, -0.05) is 65.0 Å². The maximum Gasteiger partial charge on any atom is 0.433 e. The number of carbonyl (C=O) groups excluding carboxylic acids is 6. The number of nitrogens with one attached hydrogen (secondary N) is 1. The number of aryl methyl sites for hydroxylation is 4. The second kappa shape index (κ2) is 43.8. The van der Waals surface area contributed by atoms with E-state index in [0.717, 1.165) is 91.3 Å². The average molecular weight is 1840 g/mol. The fraction of sp³-hybridized carbons (Fsp3) is 0.356. The lowest BCUT2D eigenvalue weighted by Crippen LogP contribution is -2.22. The predicted molar refractivity (Wildman–Crippen MR) is 475 cm³/mol. The topological polar surface area (TPSA) is 286 Å². The van der Waals surface area contributed by atoms with Crippen molar-refractivity contribution in [1.29, 1.82) is 0 Å². The van der Waals surface area contributed by atoms with Gasteiger partial charge in [-0.15, -0.1) is 45.3 Å². The summed E-state index contributed by atoms with van der Waals surface area (Å²) >= 11 is 5.59. The van der Waals surface area contributed by atoms with Crippen LogP contribution in [0.15, 0.2) is 152 Å². The van der Waals surface area contributed by atoms with E-state index >= 15 is 0 Å². The lowest BCUT2D eigenvalue weighted by atomic mass is 10.1. The number of benzene rings is 1. The number of pyridine rings is 2. The molecule has 0 fully saturated rings. The summed E-state index contributed by atoms with van der Waals surface area (Å²) in [6, 6.07) is 40.6. The van der Waals surface area contributed by atoms with Crippen molar-refractivity contribution in [2.75, 3.05) is 91.2 Å². The molecular weight excluding hydrogens is 1740 g/mol. The molecule has 0 saturated heterocycles. The van der Waals surface area contributed by atoms with E-state index in [0.29, 0.717) is 56.0 Å². The lowest BCUT2D eigenvalue weighted by molar-refractivity contribution is -0.144. The number of aliphatic hydroxyl groups is 1. The van der Waals surface area contributed by atoms with Gasteiger partial charge in [-0.3, -0.25) is 67.2 Å². The van der Waals surface area contributed by atoms with E-state index in [9.17, 15) is 73.4 Å². The number of aromatic amines is 1. The van der Waals surface area contributed by atoms with Gasteiger partial charge in [0.25, 0.3) is 35.4 Å². The first-order valence-corrected chi connectivity index (χ1v) is 42.7. The SMILES string of the molecule is CC(C)c1cc(-c2ccc(C(=O)N(C)C)s2)n(CC(F)(F)F)n1.CC(C)c1cc(-c2ccc(C(=O)N(C)C)s2)n(CCO)n1.CCCn1nc(-c2ccnc(C(=O)N(C)C)c2)cc1C(F)(F)F.CN(C)C(=O)c1cc(-c2cc(C(F)(F)F)n(C)n2)ccn1.Cc1cc(-c2ccc(C(=O)N(C)C)s2)n(Cc2ccccc2)n1.Cc1cc(-c2ccc(C(=O)N(C)C)s2)n[nH]1. The van der Waals surface area contributed by atoms with E-state index in [-0.39, 0.29) is 77.3 Å². The zero-order valence-electron chi connectivity index (χ0n) is 73.8. The van der Waals surface area contributed by atoms with Crippen LogP contribution >= 0.6 is 45.3 Å². The van der Waals surface area contributed by atoms with Gasteiger partial charge in [-0.05, 0) is 147 Å². The Morgan fingerprint density at radius 2 is 0.835 bits per heavy atom. The number of amides is 6. The van der Waals surface area contributed by atoms with Crippen molar-refractivity contribution in [2.24, 2.45) is 7.05 Å². The third kappa shape index (κ3) is 27.4. The van der Waals surface area contributed by atoms with Gasteiger partial charge >= 0.3 is 18.5 Å². The first-order valence-electron chi connectivity index (χ1n) is 39.4. The largest absolute Gasteiger partial charge is 0.433 e. The van der Waals surface area contributed by atoms with Crippen LogP contribution in [0.4, 0.5) is 39.5 Å². The van der Waals surface area contributed by atoms with Gasteiger partial charge in [-0.2, -0.15) is 70.1 Å². The summed E-state index contributed by atoms with van der Waals surface area (Å²) in [4.78, 5) is 94.5. The van der Waals surface area contributed by atoms with Crippen molar-refractivity contribution >= 4 is 80.8 Å². The molecule has 0 atom stereocenters. The van der Waals surface area contributed by atoms with Crippen LogP contribution in [0.25, 0.3) is 64.8 Å². The van der Waals surface area contributed by atoms with Crippen LogP contribution in [0.5, 0.6) is 0 Å². The molecule has 0 saturated carbocycles. The quantitative estimate of drug-likeness (QED) is 0.0632. The highest BCUT2D eigenvalue weighted by molar-refractivity contribution is 7.18. The van der Waals surface area contributed by atoms with Crippen LogP contribution in [0.3, 0.4) is 0 Å². The standard InChI is InChI=1S/C18H19N3OS.C15H17F3N4O.C15H18F3N3OS.C15H21N3O2S.C13H13F3N4O.C11H13N3OS/c1-13-11-15(16-9-10-17(23-16)18(22)20(2)3)21(19-13)12-14-7-5-4-6-8-14;1-4-7-22-13(15(16,17)18)9-11(20-22)10-5-6-19-12(8-10)14(23)21(2)3;1-9(2)10-7-11(21(19-10)8-15(16,17)18)12-5-6-13(23-12)14(22)20(3)4;1-10(2)11-9-12(18(16-11)7-8-19)13-5-6-14(21-13)15(20)17(3)4;1-19(2)12(21)10-6-8(4-5-17-10)9-7-11(13(14,15)16)20(3)18-9;1-7-6-8(13-12-7)9-4-5-10(16-9)11(15)14(2)3/h4-11H,12H2,1-3H3;5-6,8-9H,4,7H2,1-3H3;5-7,9H,8H2,1-4H3;5-6,9-10,19H,7-8H2,1-4H3;4-7H,1-3H3;4-6H,1-3H3,(H,12,13). The van der Waals surface area contributed by atoms with Gasteiger partial charge in [0.15, 0.2) is 0 Å². The normalized spacial score (nSPS) is 11.3. The molecule has 13 rings (SSSR count). The van der Waals surface area contributed by atoms with Crippen molar-refractivity contribution in [2.45, 2.75) is 111 Å². The molecule has 0 unspecified atom stereocenters. The number of halogens is 9. The minimum atomic E-state index is -4.48. The molecule has 13 aromatic rings. The molecule has 40 heteroatoms. The molecule has 1 aromatic carbocycles. The molecule has 12 heterocycles. The number of H-pyrrole nitrogens is 1. The molecule has 678 valence electrons. The number of nitrogens with zero attached hydrogens (tertiary/aromatic N) is 19. The second-order valence-corrected chi connectivity index (χ2v) is 34.9.